The molecule has 2 heterocycles. The number of nitrogens with zero attached hydrogens (tertiary/aromatic N) is 1. The van der Waals surface area contributed by atoms with Crippen LogP contribution in [-0.2, 0) is 6.42 Å². The quantitative estimate of drug-likeness (QED) is 0.911. The summed E-state index contributed by atoms with van der Waals surface area (Å²) in [5.41, 5.74) is 7.52. The topological polar surface area (TPSA) is 63.0 Å². The number of thiophene rings is 1. The van der Waals surface area contributed by atoms with Gasteiger partial charge in [0.15, 0.2) is 5.22 Å². The lowest BCUT2D eigenvalue weighted by Gasteiger charge is -2.00. The fourth-order valence-corrected chi connectivity index (χ4v) is 2.87. The maximum Gasteiger partial charge on any atom is 0.193 e. The van der Waals surface area contributed by atoms with Crippen LogP contribution in [0.1, 0.15) is 23.8 Å². The Balaban J connectivity index is 2.57. The van der Waals surface area contributed by atoms with Gasteiger partial charge in [-0.15, -0.1) is 11.3 Å². The molecule has 0 spiro atoms. The predicted molar refractivity (Wildman–Crippen MR) is 70.2 cm³/mol. The molecule has 88 valence electrons. The number of nitriles is 1. The molecule has 0 radical (unpaired) electrons. The van der Waals surface area contributed by atoms with E-state index < -0.39 is 0 Å². The van der Waals surface area contributed by atoms with Gasteiger partial charge in [0, 0.05) is 0 Å². The van der Waals surface area contributed by atoms with Crippen molar-refractivity contribution in [2.24, 2.45) is 0 Å². The second kappa shape index (κ2) is 4.82. The first kappa shape index (κ1) is 12.0. The average Bonchev–Trinajstić information content (AvgIpc) is 2.85. The molecule has 2 N–H and O–H groups in total. The molecule has 0 bridgehead atoms. The molecule has 3 nitrogen and oxygen atoms in total. The van der Waals surface area contributed by atoms with Gasteiger partial charge < -0.3 is 10.2 Å². The van der Waals surface area contributed by atoms with Crippen LogP contribution in [0.15, 0.2) is 16.5 Å². The van der Waals surface area contributed by atoms with E-state index in [2.05, 4.69) is 13.0 Å². The highest BCUT2D eigenvalue weighted by Crippen LogP contribution is 2.40. The van der Waals surface area contributed by atoms with Gasteiger partial charge in [0.05, 0.1) is 10.6 Å². The Labute approximate surface area is 108 Å². The highest BCUT2D eigenvalue weighted by Gasteiger charge is 2.18. The van der Waals surface area contributed by atoms with E-state index in [1.165, 1.54) is 11.3 Å². The Hall–Kier alpha value is -1.44. The number of rotatable bonds is 3. The van der Waals surface area contributed by atoms with Gasteiger partial charge in [-0.25, -0.2) is 0 Å². The van der Waals surface area contributed by atoms with Crippen molar-refractivity contribution < 1.29 is 4.42 Å². The molecule has 0 atom stereocenters. The highest BCUT2D eigenvalue weighted by atomic mass is 35.5. The number of hydrogen-bond acceptors (Lipinski definition) is 4. The number of furan rings is 1. The molecular weight excluding hydrogens is 256 g/mol. The molecule has 17 heavy (non-hydrogen) atoms. The summed E-state index contributed by atoms with van der Waals surface area (Å²) in [4.78, 5) is 1.45. The van der Waals surface area contributed by atoms with Gasteiger partial charge in [-0.1, -0.05) is 13.3 Å². The molecule has 2 aromatic rings. The van der Waals surface area contributed by atoms with Crippen LogP contribution in [0.5, 0.6) is 0 Å². The molecule has 2 rings (SSSR count). The molecule has 2 aromatic heterocycles. The van der Waals surface area contributed by atoms with E-state index in [1.54, 1.807) is 12.1 Å². The van der Waals surface area contributed by atoms with Gasteiger partial charge in [0.25, 0.3) is 0 Å². The van der Waals surface area contributed by atoms with Gasteiger partial charge in [0.2, 0.25) is 0 Å². The second-order valence-electron chi connectivity index (χ2n) is 3.62. The third-order valence-electron chi connectivity index (χ3n) is 2.45. The van der Waals surface area contributed by atoms with E-state index in [0.717, 1.165) is 23.3 Å². The van der Waals surface area contributed by atoms with E-state index in [-0.39, 0.29) is 0 Å². The van der Waals surface area contributed by atoms with Gasteiger partial charge >= 0.3 is 0 Å². The molecular formula is C12H11ClN2OS. The second-order valence-corrected chi connectivity index (χ2v) is 5.01. The number of anilines is 1. The summed E-state index contributed by atoms with van der Waals surface area (Å²) in [6.07, 6.45) is 1.80. The van der Waals surface area contributed by atoms with E-state index in [9.17, 15) is 0 Å². The summed E-state index contributed by atoms with van der Waals surface area (Å²) in [6, 6.07) is 5.60. The SMILES string of the molecule is CCCc1c(-c2ccc(Cl)o2)sc(C#N)c1N. The first-order chi connectivity index (χ1) is 8.17. The van der Waals surface area contributed by atoms with Crippen molar-refractivity contribution in [2.45, 2.75) is 19.8 Å². The Kier molecular flexibility index (Phi) is 3.41. The summed E-state index contributed by atoms with van der Waals surface area (Å²) >= 11 is 7.12. The summed E-state index contributed by atoms with van der Waals surface area (Å²) in [7, 11) is 0. The van der Waals surface area contributed by atoms with Crippen LogP contribution in [0.4, 0.5) is 5.69 Å². The van der Waals surface area contributed by atoms with Crippen molar-refractivity contribution in [1.82, 2.24) is 0 Å². The monoisotopic (exact) mass is 266 g/mol. The van der Waals surface area contributed by atoms with Crippen LogP contribution in [-0.4, -0.2) is 0 Å². The number of hydrogen-bond donors (Lipinski definition) is 1. The minimum absolute atomic E-state index is 0.341. The van der Waals surface area contributed by atoms with Crippen molar-refractivity contribution in [3.05, 3.63) is 27.8 Å². The van der Waals surface area contributed by atoms with Gasteiger partial charge in [-0.2, -0.15) is 5.26 Å². The zero-order valence-electron chi connectivity index (χ0n) is 9.29. The summed E-state index contributed by atoms with van der Waals surface area (Å²) in [5.74, 6) is 0.677. The van der Waals surface area contributed by atoms with Crippen LogP contribution in [0.2, 0.25) is 5.22 Å². The zero-order valence-corrected chi connectivity index (χ0v) is 10.9. The summed E-state index contributed by atoms with van der Waals surface area (Å²) < 4.78 is 5.38. The fraction of sp³-hybridized carbons (Fsp3) is 0.250. The lowest BCUT2D eigenvalue weighted by atomic mass is 10.1. The third kappa shape index (κ3) is 2.17. The van der Waals surface area contributed by atoms with Gasteiger partial charge in [0.1, 0.15) is 16.7 Å². The molecule has 0 aliphatic carbocycles. The van der Waals surface area contributed by atoms with E-state index >= 15 is 0 Å². The normalized spacial score (nSPS) is 10.4. The predicted octanol–water partition coefficient (Wildman–Crippen LogP) is 4.07. The standard InChI is InChI=1S/C12H11ClN2OS/c1-2-3-7-11(15)9(6-14)17-12(7)8-4-5-10(13)16-8/h4-5H,2-3,15H2,1H3. The van der Waals surface area contributed by atoms with Crippen LogP contribution in [0.25, 0.3) is 10.6 Å². The molecule has 0 aliphatic rings. The third-order valence-corrected chi connectivity index (χ3v) is 3.82. The Morgan fingerprint density at radius 2 is 2.29 bits per heavy atom. The van der Waals surface area contributed by atoms with Gasteiger partial charge in [-0.3, -0.25) is 0 Å². The molecule has 0 saturated heterocycles. The molecule has 0 aliphatic heterocycles. The summed E-state index contributed by atoms with van der Waals surface area (Å²) in [6.45, 7) is 2.07. The number of nitrogen functional groups attached to an aromatic ring is 1. The van der Waals surface area contributed by atoms with Crippen molar-refractivity contribution in [1.29, 1.82) is 5.26 Å². The van der Waals surface area contributed by atoms with E-state index in [0.29, 0.717) is 21.5 Å². The lowest BCUT2D eigenvalue weighted by Crippen LogP contribution is -1.92. The Bertz CT molecular complexity index is 580. The van der Waals surface area contributed by atoms with E-state index in [1.807, 2.05) is 0 Å². The van der Waals surface area contributed by atoms with Crippen molar-refractivity contribution in [2.75, 3.05) is 5.73 Å². The van der Waals surface area contributed by atoms with Crippen molar-refractivity contribution >= 4 is 28.6 Å². The minimum atomic E-state index is 0.341. The molecule has 0 saturated carbocycles. The average molecular weight is 267 g/mol. The molecule has 0 unspecified atom stereocenters. The van der Waals surface area contributed by atoms with Crippen LogP contribution in [0.3, 0.4) is 0 Å². The number of nitrogens with two attached hydrogens (primary N) is 1. The number of halogens is 1. The maximum absolute atomic E-state index is 9.00. The van der Waals surface area contributed by atoms with Crippen molar-refractivity contribution in [3.8, 4) is 16.7 Å². The van der Waals surface area contributed by atoms with E-state index in [4.69, 9.17) is 27.0 Å². The fourth-order valence-electron chi connectivity index (χ4n) is 1.69. The first-order valence-electron chi connectivity index (χ1n) is 5.24. The largest absolute Gasteiger partial charge is 0.444 e. The van der Waals surface area contributed by atoms with Crippen molar-refractivity contribution in [3.63, 3.8) is 0 Å². The van der Waals surface area contributed by atoms with Crippen LogP contribution >= 0.6 is 22.9 Å². The smallest absolute Gasteiger partial charge is 0.193 e. The zero-order chi connectivity index (χ0) is 12.4. The summed E-state index contributed by atoms with van der Waals surface area (Å²) in [5, 5.41) is 9.34. The molecule has 0 amide bonds. The Morgan fingerprint density at radius 1 is 1.53 bits per heavy atom. The first-order valence-corrected chi connectivity index (χ1v) is 6.43. The Morgan fingerprint density at radius 3 is 2.82 bits per heavy atom. The van der Waals surface area contributed by atoms with Crippen LogP contribution < -0.4 is 5.73 Å². The lowest BCUT2D eigenvalue weighted by molar-refractivity contribution is 0.585. The highest BCUT2D eigenvalue weighted by molar-refractivity contribution is 7.16. The van der Waals surface area contributed by atoms with Crippen LogP contribution in [0, 0.1) is 11.3 Å². The molecule has 5 heteroatoms. The maximum atomic E-state index is 9.00. The van der Waals surface area contributed by atoms with Gasteiger partial charge in [-0.05, 0) is 35.7 Å². The minimum Gasteiger partial charge on any atom is -0.444 e. The molecule has 0 aromatic carbocycles. The molecule has 0 fully saturated rings.